The lowest BCUT2D eigenvalue weighted by Gasteiger charge is -2.32. The van der Waals surface area contributed by atoms with Gasteiger partial charge in [0.1, 0.15) is 5.82 Å². The summed E-state index contributed by atoms with van der Waals surface area (Å²) in [6, 6.07) is 6.04. The van der Waals surface area contributed by atoms with E-state index in [9.17, 15) is 4.39 Å². The molecule has 0 aliphatic carbocycles. The van der Waals surface area contributed by atoms with Crippen molar-refractivity contribution in [3.8, 4) is 0 Å². The molecule has 1 atom stereocenters. The third-order valence-corrected chi connectivity index (χ3v) is 3.74. The van der Waals surface area contributed by atoms with Crippen molar-refractivity contribution in [2.45, 2.75) is 53.2 Å². The molecule has 0 amide bonds. The standard InChI is InChI=1S/C16H27FN2/c1-11(2)13(5)19(6)16-9-7-8-15(17)14(16)10-18-12(3)4/h7-9,11-13,18H,10H2,1-6H3. The van der Waals surface area contributed by atoms with E-state index < -0.39 is 0 Å². The molecular weight excluding hydrogens is 239 g/mol. The van der Waals surface area contributed by atoms with Crippen LogP contribution in [0.3, 0.4) is 0 Å². The number of rotatable bonds is 6. The second-order valence-corrected chi connectivity index (χ2v) is 5.87. The molecular formula is C16H27FN2. The minimum absolute atomic E-state index is 0.131. The average Bonchev–Trinajstić information content (AvgIpc) is 2.34. The monoisotopic (exact) mass is 266 g/mol. The Balaban J connectivity index is 3.02. The zero-order valence-corrected chi connectivity index (χ0v) is 13.0. The highest BCUT2D eigenvalue weighted by Crippen LogP contribution is 2.25. The van der Waals surface area contributed by atoms with Crippen molar-refractivity contribution in [1.29, 1.82) is 0 Å². The van der Waals surface area contributed by atoms with Gasteiger partial charge in [0.05, 0.1) is 0 Å². The first kappa shape index (κ1) is 16.0. The molecule has 1 unspecified atom stereocenters. The van der Waals surface area contributed by atoms with E-state index in [1.807, 2.05) is 13.1 Å². The lowest BCUT2D eigenvalue weighted by atomic mass is 10.0. The van der Waals surface area contributed by atoms with Crippen LogP contribution in [-0.4, -0.2) is 19.1 Å². The fourth-order valence-corrected chi connectivity index (χ4v) is 2.03. The molecule has 108 valence electrons. The molecule has 1 aromatic rings. The van der Waals surface area contributed by atoms with E-state index in [1.54, 1.807) is 6.07 Å². The summed E-state index contributed by atoms with van der Waals surface area (Å²) in [6.07, 6.45) is 0. The molecule has 0 radical (unpaired) electrons. The second-order valence-electron chi connectivity index (χ2n) is 5.87. The van der Waals surface area contributed by atoms with Crippen LogP contribution in [0, 0.1) is 11.7 Å². The molecule has 3 heteroatoms. The van der Waals surface area contributed by atoms with Crippen LogP contribution >= 0.6 is 0 Å². The van der Waals surface area contributed by atoms with Crippen LogP contribution in [0.5, 0.6) is 0 Å². The second kappa shape index (κ2) is 6.90. The van der Waals surface area contributed by atoms with Gasteiger partial charge in [-0.05, 0) is 25.0 Å². The average molecular weight is 266 g/mol. The summed E-state index contributed by atoms with van der Waals surface area (Å²) in [4.78, 5) is 2.17. The Morgan fingerprint density at radius 2 is 1.79 bits per heavy atom. The predicted molar refractivity (Wildman–Crippen MR) is 81.1 cm³/mol. The van der Waals surface area contributed by atoms with Crippen LogP contribution in [0.15, 0.2) is 18.2 Å². The van der Waals surface area contributed by atoms with Gasteiger partial charge in [-0.1, -0.05) is 33.8 Å². The van der Waals surface area contributed by atoms with Gasteiger partial charge < -0.3 is 10.2 Å². The molecule has 0 aliphatic rings. The minimum Gasteiger partial charge on any atom is -0.371 e. The van der Waals surface area contributed by atoms with Crippen molar-refractivity contribution in [1.82, 2.24) is 5.32 Å². The number of hydrogen-bond donors (Lipinski definition) is 1. The molecule has 1 aromatic carbocycles. The highest BCUT2D eigenvalue weighted by molar-refractivity contribution is 5.54. The number of anilines is 1. The minimum atomic E-state index is -0.131. The molecule has 19 heavy (non-hydrogen) atoms. The highest BCUT2D eigenvalue weighted by atomic mass is 19.1. The SMILES string of the molecule is CC(C)NCc1c(F)cccc1N(C)C(C)C(C)C. The van der Waals surface area contributed by atoms with Gasteiger partial charge >= 0.3 is 0 Å². The van der Waals surface area contributed by atoms with Gasteiger partial charge in [-0.3, -0.25) is 0 Å². The van der Waals surface area contributed by atoms with Crippen molar-refractivity contribution in [2.75, 3.05) is 11.9 Å². The third kappa shape index (κ3) is 4.20. The Kier molecular flexibility index (Phi) is 5.80. The maximum Gasteiger partial charge on any atom is 0.129 e. The molecule has 0 bridgehead atoms. The van der Waals surface area contributed by atoms with Crippen LogP contribution in [0.4, 0.5) is 10.1 Å². The molecule has 0 saturated carbocycles. The molecule has 1 rings (SSSR count). The van der Waals surface area contributed by atoms with E-state index in [2.05, 4.69) is 44.8 Å². The zero-order valence-electron chi connectivity index (χ0n) is 13.0. The van der Waals surface area contributed by atoms with Gasteiger partial charge in [0.15, 0.2) is 0 Å². The van der Waals surface area contributed by atoms with Gasteiger partial charge in [-0.25, -0.2) is 4.39 Å². The number of nitrogens with zero attached hydrogens (tertiary/aromatic N) is 1. The van der Waals surface area contributed by atoms with Crippen LogP contribution in [-0.2, 0) is 6.54 Å². The number of nitrogens with one attached hydrogen (secondary N) is 1. The maximum atomic E-state index is 14.1. The molecule has 0 aromatic heterocycles. The van der Waals surface area contributed by atoms with E-state index in [-0.39, 0.29) is 5.82 Å². The van der Waals surface area contributed by atoms with Crippen molar-refractivity contribution in [3.63, 3.8) is 0 Å². The van der Waals surface area contributed by atoms with Gasteiger partial charge in [0.2, 0.25) is 0 Å². The molecule has 0 heterocycles. The Morgan fingerprint density at radius 3 is 2.32 bits per heavy atom. The van der Waals surface area contributed by atoms with Gasteiger partial charge in [-0.2, -0.15) is 0 Å². The smallest absolute Gasteiger partial charge is 0.129 e. The maximum absolute atomic E-state index is 14.1. The largest absolute Gasteiger partial charge is 0.371 e. The predicted octanol–water partition coefficient (Wildman–Crippen LogP) is 3.80. The zero-order chi connectivity index (χ0) is 14.6. The fourth-order valence-electron chi connectivity index (χ4n) is 2.03. The van der Waals surface area contributed by atoms with Crippen LogP contribution < -0.4 is 10.2 Å². The van der Waals surface area contributed by atoms with Crippen molar-refractivity contribution >= 4 is 5.69 Å². The summed E-state index contributed by atoms with van der Waals surface area (Å²) in [5.74, 6) is 0.396. The van der Waals surface area contributed by atoms with E-state index in [0.717, 1.165) is 11.3 Å². The van der Waals surface area contributed by atoms with Gasteiger partial charge in [-0.15, -0.1) is 0 Å². The number of benzene rings is 1. The van der Waals surface area contributed by atoms with E-state index in [0.29, 0.717) is 24.5 Å². The van der Waals surface area contributed by atoms with E-state index in [1.165, 1.54) is 6.07 Å². The van der Waals surface area contributed by atoms with Crippen molar-refractivity contribution < 1.29 is 4.39 Å². The summed E-state index contributed by atoms with van der Waals surface area (Å²) in [7, 11) is 2.04. The molecule has 0 aliphatic heterocycles. The summed E-state index contributed by atoms with van der Waals surface area (Å²) >= 11 is 0. The highest BCUT2D eigenvalue weighted by Gasteiger charge is 2.18. The summed E-state index contributed by atoms with van der Waals surface area (Å²) in [6.45, 7) is 11.3. The van der Waals surface area contributed by atoms with Crippen LogP contribution in [0.1, 0.15) is 40.2 Å². The van der Waals surface area contributed by atoms with Crippen LogP contribution in [0.2, 0.25) is 0 Å². The Labute approximate surface area is 117 Å². The Bertz CT molecular complexity index is 402. The lowest BCUT2D eigenvalue weighted by Crippen LogP contribution is -2.34. The van der Waals surface area contributed by atoms with Crippen LogP contribution in [0.25, 0.3) is 0 Å². The summed E-state index contributed by atoms with van der Waals surface area (Å²) in [5.41, 5.74) is 1.74. The van der Waals surface area contributed by atoms with Crippen molar-refractivity contribution in [3.05, 3.63) is 29.6 Å². The number of halogens is 1. The summed E-state index contributed by atoms with van der Waals surface area (Å²) in [5, 5.41) is 3.30. The van der Waals surface area contributed by atoms with Gasteiger partial charge in [0, 0.05) is 36.9 Å². The summed E-state index contributed by atoms with van der Waals surface area (Å²) < 4.78 is 14.1. The first-order valence-electron chi connectivity index (χ1n) is 7.08. The number of hydrogen-bond acceptors (Lipinski definition) is 2. The van der Waals surface area contributed by atoms with E-state index in [4.69, 9.17) is 0 Å². The molecule has 2 nitrogen and oxygen atoms in total. The third-order valence-electron chi connectivity index (χ3n) is 3.74. The lowest BCUT2D eigenvalue weighted by molar-refractivity contribution is 0.499. The Hall–Kier alpha value is -1.09. The first-order valence-corrected chi connectivity index (χ1v) is 7.08. The van der Waals surface area contributed by atoms with E-state index >= 15 is 0 Å². The topological polar surface area (TPSA) is 15.3 Å². The quantitative estimate of drug-likeness (QED) is 0.842. The Morgan fingerprint density at radius 1 is 1.16 bits per heavy atom. The molecule has 0 saturated heterocycles. The first-order chi connectivity index (χ1) is 8.84. The molecule has 0 spiro atoms. The normalized spacial score (nSPS) is 13.1. The fraction of sp³-hybridized carbons (Fsp3) is 0.625. The molecule has 0 fully saturated rings. The molecule has 1 N–H and O–H groups in total. The van der Waals surface area contributed by atoms with Crippen molar-refractivity contribution in [2.24, 2.45) is 5.92 Å². The van der Waals surface area contributed by atoms with Gasteiger partial charge in [0.25, 0.3) is 0 Å².